The molecule has 0 aromatic heterocycles. The van der Waals surface area contributed by atoms with Gasteiger partial charge in [0.05, 0.1) is 26.4 Å². The van der Waals surface area contributed by atoms with Crippen LogP contribution in [-0.4, -0.2) is 50.8 Å². The van der Waals surface area contributed by atoms with Crippen molar-refractivity contribution in [3.8, 4) is 5.75 Å². The minimum atomic E-state index is -0.389. The van der Waals surface area contributed by atoms with Crippen molar-refractivity contribution < 1.29 is 19.0 Å². The van der Waals surface area contributed by atoms with Crippen LogP contribution < -0.4 is 10.1 Å². The molecule has 1 aromatic carbocycles. The summed E-state index contributed by atoms with van der Waals surface area (Å²) in [6, 6.07) is 7.31. The third kappa shape index (κ3) is 6.31. The van der Waals surface area contributed by atoms with E-state index in [0.717, 1.165) is 36.5 Å². The number of carbonyl (C=O) groups is 1. The van der Waals surface area contributed by atoms with Crippen LogP contribution in [0.15, 0.2) is 30.1 Å². The quantitative estimate of drug-likeness (QED) is 0.321. The molecule has 1 heterocycles. The van der Waals surface area contributed by atoms with Gasteiger partial charge in [-0.3, -0.25) is 0 Å². The molecule has 1 fully saturated rings. The number of nitrogens with one attached hydrogen (secondary N) is 1. The van der Waals surface area contributed by atoms with Crippen LogP contribution >= 0.6 is 0 Å². The molecule has 29 heavy (non-hydrogen) atoms. The van der Waals surface area contributed by atoms with Crippen molar-refractivity contribution in [3.05, 3.63) is 35.6 Å². The maximum atomic E-state index is 12.6. The molecule has 6 nitrogen and oxygen atoms in total. The molecule has 0 amide bonds. The Morgan fingerprint density at radius 2 is 1.86 bits per heavy atom. The van der Waals surface area contributed by atoms with Gasteiger partial charge in [-0.1, -0.05) is 51.2 Å². The Morgan fingerprint density at radius 3 is 2.59 bits per heavy atom. The average Bonchev–Trinajstić information content (AvgIpc) is 3.22. The Labute approximate surface area is 175 Å². The van der Waals surface area contributed by atoms with E-state index in [1.54, 1.807) is 14.2 Å². The molecule has 2 rings (SSSR count). The Hall–Kier alpha value is -2.37. The van der Waals surface area contributed by atoms with Crippen molar-refractivity contribution >= 4 is 11.7 Å². The molecule has 0 radical (unpaired) electrons. The zero-order chi connectivity index (χ0) is 21.1. The van der Waals surface area contributed by atoms with Gasteiger partial charge in [-0.05, 0) is 25.5 Å². The van der Waals surface area contributed by atoms with Gasteiger partial charge in [-0.15, -0.1) is 0 Å². The summed E-state index contributed by atoms with van der Waals surface area (Å²) in [5, 5.41) is 3.36. The molecule has 1 N–H and O–H groups in total. The van der Waals surface area contributed by atoms with Gasteiger partial charge >= 0.3 is 5.97 Å². The first-order chi connectivity index (χ1) is 14.1. The maximum absolute atomic E-state index is 12.6. The third-order valence-electron chi connectivity index (χ3n) is 5.25. The van der Waals surface area contributed by atoms with Crippen LogP contribution in [0.1, 0.15) is 57.9 Å². The molecule has 1 saturated heterocycles. The molecule has 1 unspecified atom stereocenters. The topological polar surface area (TPSA) is 60.0 Å². The number of ether oxygens (including phenoxy) is 3. The van der Waals surface area contributed by atoms with Gasteiger partial charge in [0.15, 0.2) is 5.76 Å². The normalized spacial score (nSPS) is 16.2. The fraction of sp³-hybridized carbons (Fsp3) is 0.609. The van der Waals surface area contributed by atoms with Crippen LogP contribution in [0.25, 0.3) is 5.76 Å². The zero-order valence-corrected chi connectivity index (χ0v) is 18.3. The van der Waals surface area contributed by atoms with Crippen molar-refractivity contribution in [2.45, 2.75) is 58.4 Å². The first-order valence-corrected chi connectivity index (χ1v) is 10.7. The first kappa shape index (κ1) is 22.9. The highest BCUT2D eigenvalue weighted by molar-refractivity contribution is 5.77. The van der Waals surface area contributed by atoms with Crippen LogP contribution in [0.4, 0.5) is 0 Å². The van der Waals surface area contributed by atoms with E-state index in [-0.39, 0.29) is 12.0 Å². The zero-order valence-electron chi connectivity index (χ0n) is 18.3. The van der Waals surface area contributed by atoms with E-state index in [1.807, 2.05) is 36.1 Å². The number of unbranched alkanes of at least 4 members (excludes halogenated alkanes) is 5. The van der Waals surface area contributed by atoms with Gasteiger partial charge in [0.25, 0.3) is 0 Å². The molecule has 1 atom stereocenters. The predicted molar refractivity (Wildman–Crippen MR) is 115 cm³/mol. The number of carbonyl (C=O) groups excluding carboxylic acids is 1. The van der Waals surface area contributed by atoms with Crippen molar-refractivity contribution in [2.75, 3.05) is 33.9 Å². The molecule has 1 aromatic rings. The number of nitrogens with zero attached hydrogens (tertiary/aromatic N) is 1. The standard InChI is InChI=1S/C23H36N2O4/c1-5-6-7-8-9-12-17-29-23(26)18(2)25-16-15-24-22(25)21(28-4)19-13-10-11-14-20(19)27-3/h10-11,13-14,18,24H,5-9,12,15-17H2,1-4H3. The van der Waals surface area contributed by atoms with E-state index in [2.05, 4.69) is 12.2 Å². The molecular formula is C23H36N2O4. The minimum absolute atomic E-state index is 0.199. The number of rotatable bonds is 12. The number of benzene rings is 1. The number of esters is 1. The largest absolute Gasteiger partial charge is 0.496 e. The molecule has 0 aliphatic carbocycles. The highest BCUT2D eigenvalue weighted by Crippen LogP contribution is 2.31. The fourth-order valence-electron chi connectivity index (χ4n) is 3.58. The van der Waals surface area contributed by atoms with E-state index < -0.39 is 0 Å². The Kier molecular flexibility index (Phi) is 9.68. The molecule has 1 aliphatic rings. The molecule has 0 spiro atoms. The van der Waals surface area contributed by atoms with Crippen molar-refractivity contribution in [3.63, 3.8) is 0 Å². The summed E-state index contributed by atoms with van der Waals surface area (Å²) in [7, 11) is 3.27. The molecule has 0 bridgehead atoms. The second-order valence-electron chi connectivity index (χ2n) is 7.31. The van der Waals surface area contributed by atoms with Crippen molar-refractivity contribution in [1.29, 1.82) is 0 Å². The Balaban J connectivity index is 2.01. The smallest absolute Gasteiger partial charge is 0.328 e. The van der Waals surface area contributed by atoms with Crippen LogP contribution in [0.5, 0.6) is 5.75 Å². The number of methoxy groups -OCH3 is 2. The fourth-order valence-corrected chi connectivity index (χ4v) is 3.58. The number of para-hydroxylation sites is 1. The van der Waals surface area contributed by atoms with Gasteiger partial charge in [0.2, 0.25) is 0 Å². The summed E-state index contributed by atoms with van der Waals surface area (Å²) >= 11 is 0. The molecule has 162 valence electrons. The summed E-state index contributed by atoms with van der Waals surface area (Å²) in [5.74, 6) is 1.98. The molecular weight excluding hydrogens is 368 g/mol. The highest BCUT2D eigenvalue weighted by Gasteiger charge is 2.31. The first-order valence-electron chi connectivity index (χ1n) is 10.7. The van der Waals surface area contributed by atoms with Crippen LogP contribution in [0.3, 0.4) is 0 Å². The lowest BCUT2D eigenvalue weighted by Crippen LogP contribution is -2.38. The monoisotopic (exact) mass is 404 g/mol. The van der Waals surface area contributed by atoms with Crippen molar-refractivity contribution in [1.82, 2.24) is 10.2 Å². The van der Waals surface area contributed by atoms with E-state index in [1.165, 1.54) is 25.7 Å². The second-order valence-corrected chi connectivity index (χ2v) is 7.31. The third-order valence-corrected chi connectivity index (χ3v) is 5.25. The van der Waals surface area contributed by atoms with Gasteiger partial charge in [-0.2, -0.15) is 0 Å². The summed E-state index contributed by atoms with van der Waals surface area (Å²) in [6.07, 6.45) is 7.02. The predicted octanol–water partition coefficient (Wildman–Crippen LogP) is 4.17. The molecule has 6 heteroatoms. The molecule has 1 aliphatic heterocycles. The Morgan fingerprint density at radius 1 is 1.14 bits per heavy atom. The summed E-state index contributed by atoms with van der Waals surface area (Å²) in [4.78, 5) is 14.6. The van der Waals surface area contributed by atoms with E-state index in [9.17, 15) is 4.79 Å². The highest BCUT2D eigenvalue weighted by atomic mass is 16.5. The van der Waals surface area contributed by atoms with E-state index in [4.69, 9.17) is 14.2 Å². The van der Waals surface area contributed by atoms with Crippen LogP contribution in [0.2, 0.25) is 0 Å². The Bertz CT molecular complexity index is 675. The lowest BCUT2D eigenvalue weighted by atomic mass is 10.1. The second kappa shape index (κ2) is 12.2. The lowest BCUT2D eigenvalue weighted by Gasteiger charge is -2.27. The van der Waals surface area contributed by atoms with Gasteiger partial charge in [-0.25, -0.2) is 4.79 Å². The van der Waals surface area contributed by atoms with E-state index >= 15 is 0 Å². The van der Waals surface area contributed by atoms with Crippen molar-refractivity contribution in [2.24, 2.45) is 0 Å². The minimum Gasteiger partial charge on any atom is -0.496 e. The van der Waals surface area contributed by atoms with Crippen LogP contribution in [0, 0.1) is 0 Å². The van der Waals surface area contributed by atoms with Gasteiger partial charge < -0.3 is 24.4 Å². The maximum Gasteiger partial charge on any atom is 0.328 e. The lowest BCUT2D eigenvalue weighted by molar-refractivity contribution is -0.148. The number of hydrogen-bond donors (Lipinski definition) is 1. The van der Waals surface area contributed by atoms with Crippen LogP contribution in [-0.2, 0) is 14.3 Å². The SMILES string of the molecule is CCCCCCCCOC(=O)C(C)N1CCNC1=C(OC)c1ccccc1OC. The summed E-state index contributed by atoms with van der Waals surface area (Å²) in [5.41, 5.74) is 0.847. The van der Waals surface area contributed by atoms with Gasteiger partial charge in [0, 0.05) is 13.1 Å². The number of hydrogen-bond acceptors (Lipinski definition) is 6. The summed E-state index contributed by atoms with van der Waals surface area (Å²) in [6.45, 7) is 6.03. The van der Waals surface area contributed by atoms with Gasteiger partial charge in [0.1, 0.15) is 17.6 Å². The summed E-state index contributed by atoms with van der Waals surface area (Å²) < 4.78 is 16.7. The molecule has 0 saturated carbocycles. The average molecular weight is 405 g/mol. The van der Waals surface area contributed by atoms with E-state index in [0.29, 0.717) is 18.9 Å².